The van der Waals surface area contributed by atoms with Gasteiger partial charge in [-0.1, -0.05) is 4.85 Å². The maximum absolute atomic E-state index is 10.6. The van der Waals surface area contributed by atoms with Gasteiger partial charge in [0.05, 0.1) is 19.5 Å². The summed E-state index contributed by atoms with van der Waals surface area (Å²) in [7, 11) is 1.17. The molecule has 1 rings (SSSR count). The van der Waals surface area contributed by atoms with Gasteiger partial charge in [-0.25, -0.2) is 9.78 Å². The molecule has 1 heterocycles. The second kappa shape index (κ2) is 3.46. The van der Waals surface area contributed by atoms with E-state index in [-0.39, 0.29) is 5.62 Å². The second-order valence-corrected chi connectivity index (χ2v) is 1.71. The number of hydrogen-bond donors (Lipinski definition) is 1. The minimum Gasteiger partial charge on any atom is -0.451 e. The fourth-order valence-corrected chi connectivity index (χ4v) is 0.497. The Morgan fingerprint density at radius 1 is 1.75 bits per heavy atom. The van der Waals surface area contributed by atoms with Gasteiger partial charge in [0.25, 0.3) is 5.62 Å². The fourth-order valence-electron chi connectivity index (χ4n) is 0.497. The predicted molar refractivity (Wildman–Crippen MR) is 35.2 cm³/mol. The zero-order chi connectivity index (χ0) is 8.97. The molecule has 0 spiro atoms. The molecule has 1 aromatic heterocycles. The highest BCUT2D eigenvalue weighted by molar-refractivity contribution is 5.67. The average Bonchev–Trinajstić information content (AvgIpc) is 2.09. The lowest BCUT2D eigenvalue weighted by Gasteiger charge is -1.92. The number of carbonyl (C=O) groups is 1. The number of ether oxygens (including phenoxy) is 1. The van der Waals surface area contributed by atoms with Crippen molar-refractivity contribution in [3.05, 3.63) is 18.0 Å². The first-order valence-corrected chi connectivity index (χ1v) is 2.96. The second-order valence-electron chi connectivity index (χ2n) is 1.71. The summed E-state index contributed by atoms with van der Waals surface area (Å²) >= 11 is 0. The Hall–Kier alpha value is -1.92. The van der Waals surface area contributed by atoms with Gasteiger partial charge in [-0.3, -0.25) is 0 Å². The van der Waals surface area contributed by atoms with Crippen molar-refractivity contribution < 1.29 is 14.7 Å². The van der Waals surface area contributed by atoms with Crippen molar-refractivity contribution in [3.63, 3.8) is 0 Å². The third kappa shape index (κ3) is 1.78. The quantitative estimate of drug-likeness (QED) is 0.514. The third-order valence-electron chi connectivity index (χ3n) is 0.978. The van der Waals surface area contributed by atoms with E-state index < -0.39 is 6.09 Å². The number of methoxy groups -OCH3 is 1. The summed E-state index contributed by atoms with van der Waals surface area (Å²) in [5.74, 6) is 0. The fraction of sp³-hybridized carbons (Fsp3) is 0.200. The summed E-state index contributed by atoms with van der Waals surface area (Å²) in [5.41, 5.74) is -0.232. The van der Waals surface area contributed by atoms with Gasteiger partial charge in [0.2, 0.25) is 0 Å². The SMILES string of the molecule is COC(=O)/N=c1/nccnn1O. The molecular weight excluding hydrogens is 164 g/mol. The molecule has 0 aliphatic carbocycles. The summed E-state index contributed by atoms with van der Waals surface area (Å²) in [6.07, 6.45) is 1.68. The van der Waals surface area contributed by atoms with Crippen molar-refractivity contribution in [2.45, 2.75) is 0 Å². The van der Waals surface area contributed by atoms with Crippen molar-refractivity contribution in [2.24, 2.45) is 4.99 Å². The summed E-state index contributed by atoms with van der Waals surface area (Å²) in [4.78, 5) is 17.7. The zero-order valence-electron chi connectivity index (χ0n) is 6.21. The number of hydrogen-bond acceptors (Lipinski definition) is 5. The van der Waals surface area contributed by atoms with E-state index >= 15 is 0 Å². The standard InChI is InChI=1S/C5H6N4O3/c1-12-5(10)8-4-6-2-3-7-9(4)11/h2-3,11H,1H3/b8-4-. The van der Waals surface area contributed by atoms with Crippen LogP contribution in [-0.4, -0.2) is 33.3 Å². The monoisotopic (exact) mass is 170 g/mol. The van der Waals surface area contributed by atoms with Crippen molar-refractivity contribution in [3.8, 4) is 0 Å². The molecule has 0 atom stereocenters. The smallest absolute Gasteiger partial charge is 0.436 e. The van der Waals surface area contributed by atoms with E-state index in [0.717, 1.165) is 0 Å². The molecule has 0 aromatic carbocycles. The Balaban J connectivity index is 3.10. The van der Waals surface area contributed by atoms with Crippen LogP contribution in [0.4, 0.5) is 4.79 Å². The Morgan fingerprint density at radius 2 is 2.50 bits per heavy atom. The number of amides is 1. The lowest BCUT2D eigenvalue weighted by atomic mass is 10.9. The molecule has 0 radical (unpaired) electrons. The first kappa shape index (κ1) is 8.18. The van der Waals surface area contributed by atoms with Crippen LogP contribution in [0.2, 0.25) is 0 Å². The molecule has 0 saturated heterocycles. The zero-order valence-corrected chi connectivity index (χ0v) is 6.21. The van der Waals surface area contributed by atoms with Crippen LogP contribution in [0, 0.1) is 0 Å². The van der Waals surface area contributed by atoms with Crippen molar-refractivity contribution in [1.29, 1.82) is 0 Å². The third-order valence-corrected chi connectivity index (χ3v) is 0.978. The van der Waals surface area contributed by atoms with Gasteiger partial charge < -0.3 is 9.94 Å². The molecule has 0 aliphatic rings. The van der Waals surface area contributed by atoms with Crippen LogP contribution >= 0.6 is 0 Å². The van der Waals surface area contributed by atoms with Crippen LogP contribution < -0.4 is 5.62 Å². The molecule has 1 N–H and O–H groups in total. The summed E-state index contributed by atoms with van der Waals surface area (Å²) < 4.78 is 4.21. The lowest BCUT2D eigenvalue weighted by molar-refractivity contribution is 0.123. The molecule has 1 amide bonds. The van der Waals surface area contributed by atoms with Crippen molar-refractivity contribution in [2.75, 3.05) is 7.11 Å². The van der Waals surface area contributed by atoms with E-state index in [1.54, 1.807) is 0 Å². The van der Waals surface area contributed by atoms with E-state index in [2.05, 4.69) is 19.8 Å². The van der Waals surface area contributed by atoms with Crippen LogP contribution in [0.25, 0.3) is 0 Å². The van der Waals surface area contributed by atoms with Gasteiger partial charge in [0.1, 0.15) is 0 Å². The van der Waals surface area contributed by atoms with E-state index in [1.807, 2.05) is 0 Å². The molecule has 7 nitrogen and oxygen atoms in total. The summed E-state index contributed by atoms with van der Waals surface area (Å²) in [6.45, 7) is 0. The number of carbonyl (C=O) groups excluding carboxylic acids is 1. The Labute approximate surface area is 66.9 Å². The molecule has 7 heteroatoms. The molecule has 0 aliphatic heterocycles. The first-order chi connectivity index (χ1) is 5.74. The van der Waals surface area contributed by atoms with Gasteiger partial charge >= 0.3 is 6.09 Å². The van der Waals surface area contributed by atoms with Crippen LogP contribution in [0.3, 0.4) is 0 Å². The maximum Gasteiger partial charge on any atom is 0.436 e. The number of nitrogens with zero attached hydrogens (tertiary/aromatic N) is 4. The predicted octanol–water partition coefficient (Wildman–Crippen LogP) is -0.818. The minimum absolute atomic E-state index is 0.232. The van der Waals surface area contributed by atoms with Crippen LogP contribution in [0.5, 0.6) is 0 Å². The highest BCUT2D eigenvalue weighted by Crippen LogP contribution is 1.75. The van der Waals surface area contributed by atoms with Gasteiger partial charge in [0, 0.05) is 0 Å². The normalized spacial score (nSPS) is 11.2. The number of rotatable bonds is 0. The first-order valence-electron chi connectivity index (χ1n) is 2.96. The molecule has 0 bridgehead atoms. The van der Waals surface area contributed by atoms with Crippen LogP contribution in [-0.2, 0) is 4.74 Å². The highest BCUT2D eigenvalue weighted by atomic mass is 16.5. The summed E-state index contributed by atoms with van der Waals surface area (Å²) in [5, 5.41) is 12.3. The van der Waals surface area contributed by atoms with E-state index in [1.165, 1.54) is 19.5 Å². The van der Waals surface area contributed by atoms with Gasteiger partial charge in [-0.05, 0) is 0 Å². The topological polar surface area (TPSA) is 89.6 Å². The molecule has 1 aromatic rings. The molecule has 64 valence electrons. The van der Waals surface area contributed by atoms with Gasteiger partial charge in [-0.15, -0.1) is 10.1 Å². The van der Waals surface area contributed by atoms with Gasteiger partial charge in [0.15, 0.2) is 0 Å². The summed E-state index contributed by atoms with van der Waals surface area (Å²) in [6, 6.07) is 0. The maximum atomic E-state index is 10.6. The minimum atomic E-state index is -0.849. The van der Waals surface area contributed by atoms with Crippen LogP contribution in [0.15, 0.2) is 17.4 Å². The molecule has 12 heavy (non-hydrogen) atoms. The van der Waals surface area contributed by atoms with Crippen molar-refractivity contribution in [1.82, 2.24) is 14.9 Å². The molecule has 0 saturated carbocycles. The molecular formula is C5H6N4O3. The Morgan fingerprint density at radius 3 is 3.08 bits per heavy atom. The highest BCUT2D eigenvalue weighted by Gasteiger charge is 1.96. The molecule has 0 fully saturated rings. The van der Waals surface area contributed by atoms with Crippen molar-refractivity contribution >= 4 is 6.09 Å². The Kier molecular flexibility index (Phi) is 2.36. The van der Waals surface area contributed by atoms with Crippen LogP contribution in [0.1, 0.15) is 0 Å². The average molecular weight is 170 g/mol. The van der Waals surface area contributed by atoms with E-state index in [0.29, 0.717) is 4.85 Å². The van der Waals surface area contributed by atoms with Gasteiger partial charge in [-0.2, -0.15) is 0 Å². The molecule has 0 unspecified atom stereocenters. The Bertz CT molecular complexity index is 345. The lowest BCUT2D eigenvalue weighted by Crippen LogP contribution is -2.25. The van der Waals surface area contributed by atoms with E-state index in [9.17, 15) is 4.79 Å². The van der Waals surface area contributed by atoms with E-state index in [4.69, 9.17) is 5.21 Å². The largest absolute Gasteiger partial charge is 0.451 e. The number of aromatic nitrogens is 3.